The first-order chi connectivity index (χ1) is 12.9. The first kappa shape index (κ1) is 17.9. The summed E-state index contributed by atoms with van der Waals surface area (Å²) in [6.07, 6.45) is 4.14. The van der Waals surface area contributed by atoms with Gasteiger partial charge in [-0.1, -0.05) is 11.6 Å². The lowest BCUT2D eigenvalue weighted by molar-refractivity contribution is -0.137. The molecule has 2 aliphatic rings. The number of esters is 1. The second-order valence-corrected chi connectivity index (χ2v) is 7.57. The van der Waals surface area contributed by atoms with Gasteiger partial charge in [0.05, 0.1) is 11.3 Å². The maximum Gasteiger partial charge on any atom is 0.307 e. The quantitative estimate of drug-likeness (QED) is 0.737. The number of benzene rings is 1. The minimum Gasteiger partial charge on any atom is -0.430 e. The molecule has 138 valence electrons. The van der Waals surface area contributed by atoms with E-state index in [4.69, 9.17) is 16.3 Å². The predicted octanol–water partition coefficient (Wildman–Crippen LogP) is 4.38. The van der Waals surface area contributed by atoms with Gasteiger partial charge < -0.3 is 4.74 Å². The average Bonchev–Trinajstić information content (AvgIpc) is 3.08. The van der Waals surface area contributed by atoms with Gasteiger partial charge in [-0.2, -0.15) is 0 Å². The van der Waals surface area contributed by atoms with Crippen molar-refractivity contribution in [1.29, 1.82) is 0 Å². The van der Waals surface area contributed by atoms with E-state index in [1.807, 2.05) is 19.1 Å². The van der Waals surface area contributed by atoms with Crippen LogP contribution in [0.4, 0.5) is 0 Å². The Hall–Kier alpha value is -2.53. The van der Waals surface area contributed by atoms with Crippen molar-refractivity contribution in [1.82, 2.24) is 9.97 Å². The molecule has 2 aromatic rings. The lowest BCUT2D eigenvalue weighted by Gasteiger charge is -2.25. The fourth-order valence-electron chi connectivity index (χ4n) is 3.94. The van der Waals surface area contributed by atoms with Crippen LogP contribution in [-0.2, 0) is 14.3 Å². The third-order valence-corrected chi connectivity index (χ3v) is 5.48. The Morgan fingerprint density at radius 3 is 2.59 bits per heavy atom. The third kappa shape index (κ3) is 3.28. The van der Waals surface area contributed by atoms with Gasteiger partial charge in [-0.25, -0.2) is 9.97 Å². The molecule has 0 spiro atoms. The molecule has 5 nitrogen and oxygen atoms in total. The number of aryl methyl sites for hydroxylation is 1. The van der Waals surface area contributed by atoms with E-state index < -0.39 is 5.97 Å². The number of ketones is 1. The first-order valence-electron chi connectivity index (χ1n) is 9.00. The molecule has 27 heavy (non-hydrogen) atoms. The summed E-state index contributed by atoms with van der Waals surface area (Å²) in [5, 5.41) is 0.630. The number of halogens is 1. The SMILES string of the molecule is CC(=O)OC1=C(c2nc(-c3ccc(Cl)cc3)ncc2C)C(=O)[C@H]2CC[C@@H]1C2. The third-order valence-electron chi connectivity index (χ3n) is 5.23. The molecule has 0 unspecified atom stereocenters. The lowest BCUT2D eigenvalue weighted by atomic mass is 9.84. The fraction of sp³-hybridized carbons (Fsp3) is 0.333. The molecular weight excluding hydrogens is 364 g/mol. The Kier molecular flexibility index (Phi) is 4.56. The molecule has 2 bridgehead atoms. The Morgan fingerprint density at radius 2 is 1.89 bits per heavy atom. The first-order valence-corrected chi connectivity index (χ1v) is 9.38. The monoisotopic (exact) mass is 382 g/mol. The summed E-state index contributed by atoms with van der Waals surface area (Å²) in [4.78, 5) is 33.8. The van der Waals surface area contributed by atoms with Crippen molar-refractivity contribution in [3.05, 3.63) is 52.5 Å². The molecule has 1 fully saturated rings. The van der Waals surface area contributed by atoms with Gasteiger partial charge >= 0.3 is 5.97 Å². The number of fused-ring (bicyclic) bond motifs is 2. The molecule has 1 aromatic carbocycles. The number of hydrogen-bond donors (Lipinski definition) is 0. The Morgan fingerprint density at radius 1 is 1.19 bits per heavy atom. The van der Waals surface area contributed by atoms with Crippen molar-refractivity contribution < 1.29 is 14.3 Å². The summed E-state index contributed by atoms with van der Waals surface area (Å²) >= 11 is 5.96. The molecule has 0 aliphatic heterocycles. The number of allylic oxidation sites excluding steroid dienone is 2. The van der Waals surface area contributed by atoms with Crippen LogP contribution >= 0.6 is 11.6 Å². The standard InChI is InChI=1S/C21H19ClN2O3/c1-11-10-23-21(13-5-7-16(22)8-6-13)24-18(11)17-19(26)14-3-4-15(9-14)20(17)27-12(2)25/h5-8,10,14-15H,3-4,9H2,1-2H3/t14-,15+/m0/s1. The van der Waals surface area contributed by atoms with Gasteiger partial charge in [0.1, 0.15) is 5.76 Å². The second kappa shape index (κ2) is 6.89. The highest BCUT2D eigenvalue weighted by atomic mass is 35.5. The Labute approximate surface area is 162 Å². The zero-order valence-corrected chi connectivity index (χ0v) is 15.9. The fourth-order valence-corrected chi connectivity index (χ4v) is 4.07. The Balaban J connectivity index is 1.87. The highest BCUT2D eigenvalue weighted by Crippen LogP contribution is 2.47. The van der Waals surface area contributed by atoms with Crippen LogP contribution in [0.2, 0.25) is 5.02 Å². The van der Waals surface area contributed by atoms with Gasteiger partial charge in [0.25, 0.3) is 0 Å². The molecule has 4 rings (SSSR count). The summed E-state index contributed by atoms with van der Waals surface area (Å²) in [5.74, 6) is 0.671. The van der Waals surface area contributed by atoms with Crippen LogP contribution in [0.15, 0.2) is 36.2 Å². The van der Waals surface area contributed by atoms with Crippen molar-refractivity contribution in [2.75, 3.05) is 0 Å². The maximum absolute atomic E-state index is 13.1. The molecule has 1 aromatic heterocycles. The highest BCUT2D eigenvalue weighted by molar-refractivity contribution is 6.30. The number of hydrogen-bond acceptors (Lipinski definition) is 5. The molecule has 0 amide bonds. The van der Waals surface area contributed by atoms with Gasteiger partial charge in [0, 0.05) is 35.5 Å². The predicted molar refractivity (Wildman–Crippen MR) is 102 cm³/mol. The summed E-state index contributed by atoms with van der Waals surface area (Å²) in [7, 11) is 0. The molecule has 0 radical (unpaired) electrons. The van der Waals surface area contributed by atoms with Crippen LogP contribution in [0.3, 0.4) is 0 Å². The van der Waals surface area contributed by atoms with E-state index in [1.165, 1.54) is 6.92 Å². The Bertz CT molecular complexity index is 966. The van der Waals surface area contributed by atoms with E-state index in [1.54, 1.807) is 18.3 Å². The van der Waals surface area contributed by atoms with Crippen LogP contribution in [0.25, 0.3) is 17.0 Å². The number of nitrogens with zero attached hydrogens (tertiary/aromatic N) is 2. The summed E-state index contributed by atoms with van der Waals surface area (Å²) in [5.41, 5.74) is 2.58. The minimum absolute atomic E-state index is 0.0161. The highest BCUT2D eigenvalue weighted by Gasteiger charge is 2.43. The molecule has 0 saturated heterocycles. The van der Waals surface area contributed by atoms with Crippen molar-refractivity contribution in [3.63, 3.8) is 0 Å². The molecular formula is C21H19ClN2O3. The second-order valence-electron chi connectivity index (χ2n) is 7.14. The van der Waals surface area contributed by atoms with E-state index in [0.717, 1.165) is 30.4 Å². The molecule has 1 saturated carbocycles. The van der Waals surface area contributed by atoms with Gasteiger partial charge in [-0.15, -0.1) is 0 Å². The number of ether oxygens (including phenoxy) is 1. The van der Waals surface area contributed by atoms with Crippen LogP contribution in [-0.4, -0.2) is 21.7 Å². The van der Waals surface area contributed by atoms with Gasteiger partial charge in [-0.3, -0.25) is 9.59 Å². The lowest BCUT2D eigenvalue weighted by Crippen LogP contribution is -2.24. The van der Waals surface area contributed by atoms with E-state index in [-0.39, 0.29) is 17.6 Å². The number of Topliss-reactive ketones (excluding diaryl/α,β-unsaturated/α-hetero) is 1. The maximum atomic E-state index is 13.1. The van der Waals surface area contributed by atoms with Crippen LogP contribution < -0.4 is 0 Å². The zero-order valence-electron chi connectivity index (χ0n) is 15.2. The summed E-state index contributed by atoms with van der Waals surface area (Å²) < 4.78 is 5.52. The molecule has 2 aliphatic carbocycles. The smallest absolute Gasteiger partial charge is 0.307 e. The van der Waals surface area contributed by atoms with Crippen molar-refractivity contribution in [2.24, 2.45) is 11.8 Å². The summed E-state index contributed by atoms with van der Waals surface area (Å²) in [6.45, 7) is 3.23. The van der Waals surface area contributed by atoms with Crippen molar-refractivity contribution in [2.45, 2.75) is 33.1 Å². The van der Waals surface area contributed by atoms with E-state index in [9.17, 15) is 9.59 Å². The molecule has 2 atom stereocenters. The normalized spacial score (nSPS) is 21.5. The minimum atomic E-state index is -0.412. The number of aromatic nitrogens is 2. The van der Waals surface area contributed by atoms with Crippen molar-refractivity contribution in [3.8, 4) is 11.4 Å². The van der Waals surface area contributed by atoms with E-state index in [0.29, 0.717) is 27.9 Å². The number of carbonyl (C=O) groups is 2. The van der Waals surface area contributed by atoms with Gasteiger partial charge in [-0.05, 0) is 56.0 Å². The van der Waals surface area contributed by atoms with E-state index >= 15 is 0 Å². The van der Waals surface area contributed by atoms with Crippen molar-refractivity contribution >= 4 is 28.9 Å². The molecule has 6 heteroatoms. The van der Waals surface area contributed by atoms with Crippen LogP contribution in [0.1, 0.15) is 37.4 Å². The van der Waals surface area contributed by atoms with E-state index in [2.05, 4.69) is 9.97 Å². The zero-order chi connectivity index (χ0) is 19.1. The van der Waals surface area contributed by atoms with Crippen LogP contribution in [0, 0.1) is 18.8 Å². The molecule has 1 heterocycles. The van der Waals surface area contributed by atoms with Gasteiger partial charge in [0.2, 0.25) is 0 Å². The molecule has 0 N–H and O–H groups in total. The average molecular weight is 383 g/mol. The largest absolute Gasteiger partial charge is 0.430 e. The number of rotatable bonds is 3. The van der Waals surface area contributed by atoms with Crippen LogP contribution in [0.5, 0.6) is 0 Å². The number of carbonyl (C=O) groups excluding carboxylic acids is 2. The van der Waals surface area contributed by atoms with Gasteiger partial charge in [0.15, 0.2) is 11.6 Å². The summed E-state index contributed by atoms with van der Waals surface area (Å²) in [6, 6.07) is 7.22. The topological polar surface area (TPSA) is 69.2 Å².